The lowest BCUT2D eigenvalue weighted by atomic mass is 10.1. The van der Waals surface area contributed by atoms with Crippen LogP contribution in [0.4, 0.5) is 0 Å². The molecule has 1 heterocycles. The van der Waals surface area contributed by atoms with Crippen LogP contribution in [0.2, 0.25) is 0 Å². The summed E-state index contributed by atoms with van der Waals surface area (Å²) in [5.74, 6) is 2.96. The Hall–Kier alpha value is -1.50. The van der Waals surface area contributed by atoms with Crippen molar-refractivity contribution >= 4 is 0 Å². The van der Waals surface area contributed by atoms with Gasteiger partial charge >= 0.3 is 0 Å². The number of aliphatic hydroxyl groups is 1. The van der Waals surface area contributed by atoms with E-state index in [2.05, 4.69) is 5.92 Å². The second kappa shape index (κ2) is 5.72. The molecule has 1 aromatic carbocycles. The van der Waals surface area contributed by atoms with Gasteiger partial charge in [0, 0.05) is 6.42 Å². The standard InChI is InChI=1S/C14H16O3/c1-2-13(15)11-6-5-7-12(10-11)17-14-8-3-4-9-16-14/h1,5-7,10,13-15H,3-4,8-9H2. The van der Waals surface area contributed by atoms with Crippen molar-refractivity contribution in [2.45, 2.75) is 31.7 Å². The highest BCUT2D eigenvalue weighted by molar-refractivity contribution is 5.32. The van der Waals surface area contributed by atoms with Crippen LogP contribution in [0.1, 0.15) is 30.9 Å². The van der Waals surface area contributed by atoms with E-state index in [4.69, 9.17) is 15.9 Å². The zero-order chi connectivity index (χ0) is 12.1. The summed E-state index contributed by atoms with van der Waals surface area (Å²) in [4.78, 5) is 0. The molecule has 2 unspecified atom stereocenters. The molecule has 1 saturated heterocycles. The SMILES string of the molecule is C#CC(O)c1cccc(OC2CCCCO2)c1. The van der Waals surface area contributed by atoms with Crippen LogP contribution in [0.25, 0.3) is 0 Å². The summed E-state index contributed by atoms with van der Waals surface area (Å²) in [5, 5.41) is 9.54. The molecule has 0 aromatic heterocycles. The number of benzene rings is 1. The highest BCUT2D eigenvalue weighted by Crippen LogP contribution is 2.22. The molecule has 1 N–H and O–H groups in total. The van der Waals surface area contributed by atoms with E-state index in [9.17, 15) is 5.11 Å². The molecule has 90 valence electrons. The van der Waals surface area contributed by atoms with E-state index in [1.165, 1.54) is 0 Å². The van der Waals surface area contributed by atoms with Gasteiger partial charge in [-0.15, -0.1) is 6.42 Å². The molecule has 0 aliphatic carbocycles. The van der Waals surface area contributed by atoms with E-state index >= 15 is 0 Å². The van der Waals surface area contributed by atoms with Crippen LogP contribution in [0, 0.1) is 12.3 Å². The molecule has 2 atom stereocenters. The Morgan fingerprint density at radius 1 is 1.47 bits per heavy atom. The summed E-state index contributed by atoms with van der Waals surface area (Å²) in [6.07, 6.45) is 7.23. The van der Waals surface area contributed by atoms with Crippen LogP contribution in [-0.2, 0) is 4.74 Å². The maximum Gasteiger partial charge on any atom is 0.199 e. The Kier molecular flexibility index (Phi) is 4.03. The quantitative estimate of drug-likeness (QED) is 0.812. The van der Waals surface area contributed by atoms with Gasteiger partial charge < -0.3 is 14.6 Å². The van der Waals surface area contributed by atoms with Gasteiger partial charge in [0.25, 0.3) is 0 Å². The average molecular weight is 232 g/mol. The predicted molar refractivity (Wildman–Crippen MR) is 64.5 cm³/mol. The van der Waals surface area contributed by atoms with E-state index in [0.29, 0.717) is 11.3 Å². The molecule has 0 radical (unpaired) electrons. The lowest BCUT2D eigenvalue weighted by Crippen LogP contribution is -2.25. The van der Waals surface area contributed by atoms with Gasteiger partial charge in [0.1, 0.15) is 11.9 Å². The van der Waals surface area contributed by atoms with Gasteiger partial charge in [-0.05, 0) is 30.5 Å². The summed E-state index contributed by atoms with van der Waals surface area (Å²) in [5.41, 5.74) is 0.667. The summed E-state index contributed by atoms with van der Waals surface area (Å²) < 4.78 is 11.2. The van der Waals surface area contributed by atoms with Crippen molar-refractivity contribution in [3.63, 3.8) is 0 Å². The fourth-order valence-electron chi connectivity index (χ4n) is 1.81. The summed E-state index contributed by atoms with van der Waals surface area (Å²) in [6.45, 7) is 0.747. The minimum absolute atomic E-state index is 0.179. The Bertz CT molecular complexity index is 402. The maximum atomic E-state index is 9.54. The third-order valence-electron chi connectivity index (χ3n) is 2.74. The summed E-state index contributed by atoms with van der Waals surface area (Å²) in [7, 11) is 0. The third-order valence-corrected chi connectivity index (χ3v) is 2.74. The second-order valence-electron chi connectivity index (χ2n) is 4.06. The van der Waals surface area contributed by atoms with Crippen molar-refractivity contribution < 1.29 is 14.6 Å². The first-order chi connectivity index (χ1) is 8.29. The van der Waals surface area contributed by atoms with Crippen LogP contribution in [-0.4, -0.2) is 18.0 Å². The number of hydrogen-bond acceptors (Lipinski definition) is 3. The number of rotatable bonds is 3. The monoisotopic (exact) mass is 232 g/mol. The Morgan fingerprint density at radius 2 is 2.35 bits per heavy atom. The van der Waals surface area contributed by atoms with Crippen LogP contribution >= 0.6 is 0 Å². The van der Waals surface area contributed by atoms with Crippen molar-refractivity contribution in [2.75, 3.05) is 6.61 Å². The molecular formula is C14H16O3. The van der Waals surface area contributed by atoms with Gasteiger partial charge in [0.05, 0.1) is 6.61 Å². The number of ether oxygens (including phenoxy) is 2. The van der Waals surface area contributed by atoms with E-state index in [1.54, 1.807) is 12.1 Å². The number of hydrogen-bond donors (Lipinski definition) is 1. The van der Waals surface area contributed by atoms with E-state index in [1.807, 2.05) is 12.1 Å². The van der Waals surface area contributed by atoms with Crippen molar-refractivity contribution in [1.82, 2.24) is 0 Å². The van der Waals surface area contributed by atoms with Gasteiger partial charge in [-0.3, -0.25) is 0 Å². The van der Waals surface area contributed by atoms with Crippen molar-refractivity contribution in [2.24, 2.45) is 0 Å². The summed E-state index contributed by atoms with van der Waals surface area (Å²) in [6, 6.07) is 7.18. The zero-order valence-electron chi connectivity index (χ0n) is 9.63. The minimum atomic E-state index is -0.883. The minimum Gasteiger partial charge on any atom is -0.465 e. The molecule has 1 aliphatic heterocycles. The predicted octanol–water partition coefficient (Wildman–Crippen LogP) is 2.26. The van der Waals surface area contributed by atoms with E-state index < -0.39 is 6.10 Å². The first-order valence-electron chi connectivity index (χ1n) is 5.82. The molecule has 0 bridgehead atoms. The second-order valence-corrected chi connectivity index (χ2v) is 4.06. The molecule has 0 spiro atoms. The zero-order valence-corrected chi connectivity index (χ0v) is 9.63. The van der Waals surface area contributed by atoms with Crippen molar-refractivity contribution in [3.8, 4) is 18.1 Å². The van der Waals surface area contributed by atoms with Gasteiger partial charge in [-0.25, -0.2) is 0 Å². The first-order valence-corrected chi connectivity index (χ1v) is 5.82. The van der Waals surface area contributed by atoms with Gasteiger partial charge in [-0.1, -0.05) is 18.1 Å². The molecule has 3 heteroatoms. The van der Waals surface area contributed by atoms with Crippen molar-refractivity contribution in [3.05, 3.63) is 29.8 Å². The van der Waals surface area contributed by atoms with Gasteiger partial charge in [-0.2, -0.15) is 0 Å². The highest BCUT2D eigenvalue weighted by Gasteiger charge is 2.15. The Labute approximate surface area is 101 Å². The fourth-order valence-corrected chi connectivity index (χ4v) is 1.81. The van der Waals surface area contributed by atoms with Crippen LogP contribution in [0.5, 0.6) is 5.75 Å². The molecule has 3 nitrogen and oxygen atoms in total. The largest absolute Gasteiger partial charge is 0.465 e. The van der Waals surface area contributed by atoms with Gasteiger partial charge in [0.2, 0.25) is 0 Å². The normalized spacial score (nSPS) is 21.5. The lowest BCUT2D eigenvalue weighted by molar-refractivity contribution is -0.105. The average Bonchev–Trinajstić information content (AvgIpc) is 2.39. The lowest BCUT2D eigenvalue weighted by Gasteiger charge is -2.23. The molecule has 1 fully saturated rings. The topological polar surface area (TPSA) is 38.7 Å². The van der Waals surface area contributed by atoms with Crippen molar-refractivity contribution in [1.29, 1.82) is 0 Å². The van der Waals surface area contributed by atoms with Gasteiger partial charge in [0.15, 0.2) is 6.29 Å². The molecule has 17 heavy (non-hydrogen) atoms. The van der Waals surface area contributed by atoms with Crippen LogP contribution in [0.3, 0.4) is 0 Å². The first kappa shape index (κ1) is 12.0. The highest BCUT2D eigenvalue weighted by atomic mass is 16.7. The molecule has 1 aliphatic rings. The fraction of sp³-hybridized carbons (Fsp3) is 0.429. The Morgan fingerprint density at radius 3 is 3.06 bits per heavy atom. The van der Waals surface area contributed by atoms with E-state index in [-0.39, 0.29) is 6.29 Å². The molecular weight excluding hydrogens is 216 g/mol. The third kappa shape index (κ3) is 3.23. The van der Waals surface area contributed by atoms with Crippen LogP contribution < -0.4 is 4.74 Å². The molecule has 0 saturated carbocycles. The molecule has 2 rings (SSSR count). The number of aliphatic hydroxyl groups excluding tert-OH is 1. The number of terminal acetylenes is 1. The Balaban J connectivity index is 2.03. The maximum absolute atomic E-state index is 9.54. The van der Waals surface area contributed by atoms with E-state index in [0.717, 1.165) is 25.9 Å². The molecule has 1 aromatic rings. The summed E-state index contributed by atoms with van der Waals surface area (Å²) >= 11 is 0. The van der Waals surface area contributed by atoms with Crippen LogP contribution in [0.15, 0.2) is 24.3 Å². The smallest absolute Gasteiger partial charge is 0.199 e. The molecule has 0 amide bonds.